The molecule has 4 aliphatic rings. The van der Waals surface area contributed by atoms with Crippen LogP contribution in [0.2, 0.25) is 0 Å². The molecule has 0 radical (unpaired) electrons. The zero-order valence-electron chi connectivity index (χ0n) is 19.3. The molecule has 5 nitrogen and oxygen atoms in total. The van der Waals surface area contributed by atoms with Gasteiger partial charge in [0, 0.05) is 25.0 Å². The van der Waals surface area contributed by atoms with Crippen molar-refractivity contribution in [1.29, 1.82) is 0 Å². The molecular weight excluding hydrogens is 374 g/mol. The standard InChI is InChI=1S/C25H45N3O2/c1-2-26-23(29)12-10-8-6-4-3-5-7-9-11-13-27-24(30)28-25-17-20-14-21(18-25)16-22(15-20)19-25/h20-22H,2-19H2,1H3,(H,26,29)(H2,27,28,30). The van der Waals surface area contributed by atoms with Gasteiger partial charge in [0.2, 0.25) is 5.91 Å². The van der Waals surface area contributed by atoms with Gasteiger partial charge >= 0.3 is 6.03 Å². The van der Waals surface area contributed by atoms with E-state index in [0.717, 1.165) is 43.7 Å². The molecule has 0 aromatic carbocycles. The molecule has 0 heterocycles. The number of hydrogen-bond donors (Lipinski definition) is 3. The van der Waals surface area contributed by atoms with Crippen LogP contribution in [0.4, 0.5) is 4.79 Å². The number of hydrogen-bond acceptors (Lipinski definition) is 2. The molecule has 5 heteroatoms. The van der Waals surface area contributed by atoms with E-state index in [9.17, 15) is 9.59 Å². The van der Waals surface area contributed by atoms with Gasteiger partial charge in [0.1, 0.15) is 0 Å². The van der Waals surface area contributed by atoms with Crippen molar-refractivity contribution in [3.63, 3.8) is 0 Å². The van der Waals surface area contributed by atoms with Gasteiger partial charge in [-0.05, 0) is 76.0 Å². The van der Waals surface area contributed by atoms with E-state index < -0.39 is 0 Å². The van der Waals surface area contributed by atoms with E-state index in [2.05, 4.69) is 16.0 Å². The van der Waals surface area contributed by atoms with Crippen molar-refractivity contribution in [3.8, 4) is 0 Å². The van der Waals surface area contributed by atoms with E-state index >= 15 is 0 Å². The number of unbranched alkanes of at least 4 members (excludes halogenated alkanes) is 8. The average molecular weight is 420 g/mol. The number of carbonyl (C=O) groups is 2. The summed E-state index contributed by atoms with van der Waals surface area (Å²) in [5.74, 6) is 2.81. The molecule has 4 bridgehead atoms. The summed E-state index contributed by atoms with van der Waals surface area (Å²) in [6.07, 6.45) is 19.4. The highest BCUT2D eigenvalue weighted by atomic mass is 16.2. The molecule has 0 aromatic rings. The summed E-state index contributed by atoms with van der Waals surface area (Å²) in [4.78, 5) is 23.8. The Morgan fingerprint density at radius 2 is 1.23 bits per heavy atom. The Hall–Kier alpha value is -1.26. The topological polar surface area (TPSA) is 70.2 Å². The van der Waals surface area contributed by atoms with Gasteiger partial charge in [0.25, 0.3) is 0 Å². The van der Waals surface area contributed by atoms with Crippen LogP contribution in [0, 0.1) is 17.8 Å². The van der Waals surface area contributed by atoms with Gasteiger partial charge in [-0.15, -0.1) is 0 Å². The van der Waals surface area contributed by atoms with E-state index in [4.69, 9.17) is 0 Å². The van der Waals surface area contributed by atoms with Crippen LogP contribution in [0.5, 0.6) is 0 Å². The van der Waals surface area contributed by atoms with Gasteiger partial charge < -0.3 is 16.0 Å². The summed E-state index contributed by atoms with van der Waals surface area (Å²) < 4.78 is 0. The summed E-state index contributed by atoms with van der Waals surface area (Å²) in [5, 5.41) is 9.37. The highest BCUT2D eigenvalue weighted by Gasteiger charge is 2.51. The van der Waals surface area contributed by atoms with Crippen molar-refractivity contribution in [2.45, 2.75) is 115 Å². The Morgan fingerprint density at radius 3 is 1.77 bits per heavy atom. The molecule has 172 valence electrons. The second kappa shape index (κ2) is 12.0. The molecule has 0 spiro atoms. The van der Waals surface area contributed by atoms with Gasteiger partial charge in [-0.25, -0.2) is 4.79 Å². The maximum atomic E-state index is 12.4. The Bertz CT molecular complexity index is 513. The summed E-state index contributed by atoms with van der Waals surface area (Å²) in [5.41, 5.74) is 0.124. The van der Waals surface area contributed by atoms with Crippen LogP contribution in [0.25, 0.3) is 0 Å². The lowest BCUT2D eigenvalue weighted by Crippen LogP contribution is -2.61. The smallest absolute Gasteiger partial charge is 0.315 e. The molecule has 0 saturated heterocycles. The first-order valence-electron chi connectivity index (χ1n) is 12.9. The van der Waals surface area contributed by atoms with E-state index in [1.165, 1.54) is 83.5 Å². The maximum Gasteiger partial charge on any atom is 0.315 e. The van der Waals surface area contributed by atoms with Crippen LogP contribution in [0.15, 0.2) is 0 Å². The molecule has 30 heavy (non-hydrogen) atoms. The summed E-state index contributed by atoms with van der Waals surface area (Å²) in [7, 11) is 0. The fourth-order valence-electron chi connectivity index (χ4n) is 6.68. The van der Waals surface area contributed by atoms with Gasteiger partial charge in [-0.1, -0.05) is 44.9 Å². The summed E-state index contributed by atoms with van der Waals surface area (Å²) in [6, 6.07) is 0.0737. The average Bonchev–Trinajstić information content (AvgIpc) is 2.67. The van der Waals surface area contributed by atoms with Crippen LogP contribution in [-0.4, -0.2) is 30.6 Å². The molecule has 0 aliphatic heterocycles. The molecule has 4 rings (SSSR count). The summed E-state index contributed by atoms with van der Waals surface area (Å²) >= 11 is 0. The molecular formula is C25H45N3O2. The molecule has 0 aromatic heterocycles. The Morgan fingerprint density at radius 1 is 0.733 bits per heavy atom. The van der Waals surface area contributed by atoms with Crippen molar-refractivity contribution in [3.05, 3.63) is 0 Å². The molecule has 4 fully saturated rings. The second-order valence-corrected chi connectivity index (χ2v) is 10.5. The van der Waals surface area contributed by atoms with Crippen LogP contribution >= 0.6 is 0 Å². The SMILES string of the molecule is CCNC(=O)CCCCCCCCCCCNC(=O)NC12CC3CC(CC(C3)C1)C2. The van der Waals surface area contributed by atoms with E-state index in [0.29, 0.717) is 6.42 Å². The second-order valence-electron chi connectivity index (χ2n) is 10.5. The Labute approximate surface area is 183 Å². The first-order chi connectivity index (χ1) is 14.6. The van der Waals surface area contributed by atoms with Crippen molar-refractivity contribution in [2.24, 2.45) is 17.8 Å². The largest absolute Gasteiger partial charge is 0.356 e. The molecule has 0 atom stereocenters. The van der Waals surface area contributed by atoms with Gasteiger partial charge in [-0.3, -0.25) is 4.79 Å². The predicted molar refractivity (Wildman–Crippen MR) is 122 cm³/mol. The monoisotopic (exact) mass is 419 g/mol. The molecule has 3 N–H and O–H groups in total. The first-order valence-corrected chi connectivity index (χ1v) is 12.9. The number of carbonyl (C=O) groups excluding carboxylic acids is 2. The number of urea groups is 1. The van der Waals surface area contributed by atoms with E-state index in [-0.39, 0.29) is 17.5 Å². The van der Waals surface area contributed by atoms with Crippen LogP contribution in [0.3, 0.4) is 0 Å². The molecule has 4 saturated carbocycles. The highest BCUT2D eigenvalue weighted by Crippen LogP contribution is 2.55. The van der Waals surface area contributed by atoms with Crippen LogP contribution in [0.1, 0.15) is 110 Å². The van der Waals surface area contributed by atoms with Gasteiger partial charge in [0.15, 0.2) is 0 Å². The minimum Gasteiger partial charge on any atom is -0.356 e. The number of nitrogens with one attached hydrogen (secondary N) is 3. The quantitative estimate of drug-likeness (QED) is 0.335. The fourth-order valence-corrected chi connectivity index (χ4v) is 6.68. The van der Waals surface area contributed by atoms with Crippen molar-refractivity contribution in [1.82, 2.24) is 16.0 Å². The Balaban J connectivity index is 1.12. The lowest BCUT2D eigenvalue weighted by Gasteiger charge is -2.56. The van der Waals surface area contributed by atoms with Gasteiger partial charge in [-0.2, -0.15) is 0 Å². The normalized spacial score (nSPS) is 29.0. The minimum atomic E-state index is 0.0737. The highest BCUT2D eigenvalue weighted by molar-refractivity contribution is 5.75. The fraction of sp³-hybridized carbons (Fsp3) is 0.920. The number of amides is 3. The summed E-state index contributed by atoms with van der Waals surface area (Å²) in [6.45, 7) is 3.51. The molecule has 0 unspecified atom stereocenters. The van der Waals surface area contributed by atoms with Crippen molar-refractivity contribution >= 4 is 11.9 Å². The first kappa shape index (κ1) is 23.4. The molecule has 3 amide bonds. The lowest BCUT2D eigenvalue weighted by atomic mass is 9.53. The zero-order chi connectivity index (χ0) is 21.2. The van der Waals surface area contributed by atoms with Crippen LogP contribution < -0.4 is 16.0 Å². The number of rotatable bonds is 14. The third kappa shape index (κ3) is 7.46. The van der Waals surface area contributed by atoms with E-state index in [1.54, 1.807) is 0 Å². The lowest BCUT2D eigenvalue weighted by molar-refractivity contribution is -0.121. The predicted octanol–water partition coefficient (Wildman–Crippen LogP) is 5.29. The molecule has 4 aliphatic carbocycles. The van der Waals surface area contributed by atoms with Crippen molar-refractivity contribution in [2.75, 3.05) is 13.1 Å². The third-order valence-corrected chi connectivity index (χ3v) is 7.66. The zero-order valence-corrected chi connectivity index (χ0v) is 19.3. The van der Waals surface area contributed by atoms with Crippen molar-refractivity contribution < 1.29 is 9.59 Å². The maximum absolute atomic E-state index is 12.4. The van der Waals surface area contributed by atoms with Crippen LogP contribution in [-0.2, 0) is 4.79 Å². The van der Waals surface area contributed by atoms with E-state index in [1.807, 2.05) is 6.92 Å². The third-order valence-electron chi connectivity index (χ3n) is 7.66. The Kier molecular flexibility index (Phi) is 9.32. The minimum absolute atomic E-state index is 0.0737. The van der Waals surface area contributed by atoms with Gasteiger partial charge in [0.05, 0.1) is 0 Å².